The van der Waals surface area contributed by atoms with Gasteiger partial charge in [-0.05, 0) is 70.4 Å². The Hall–Kier alpha value is -2.45. The van der Waals surface area contributed by atoms with Crippen molar-refractivity contribution in [3.8, 4) is 0 Å². The zero-order valence-corrected chi connectivity index (χ0v) is 18.3. The molecular formula is C21H29N5O2S. The molecule has 1 aromatic heterocycles. The van der Waals surface area contributed by atoms with Gasteiger partial charge in [-0.15, -0.1) is 0 Å². The number of rotatable bonds is 6. The first-order valence-corrected chi connectivity index (χ1v) is 11.3. The van der Waals surface area contributed by atoms with Gasteiger partial charge in [0.25, 0.3) is 0 Å². The Kier molecular flexibility index (Phi) is 6.24. The van der Waals surface area contributed by atoms with E-state index in [9.17, 15) is 8.42 Å². The van der Waals surface area contributed by atoms with Crippen molar-refractivity contribution in [2.75, 3.05) is 23.7 Å². The van der Waals surface area contributed by atoms with Gasteiger partial charge < -0.3 is 10.6 Å². The molecule has 29 heavy (non-hydrogen) atoms. The summed E-state index contributed by atoms with van der Waals surface area (Å²) in [4.78, 5) is 10.7. The van der Waals surface area contributed by atoms with Crippen molar-refractivity contribution in [2.45, 2.75) is 51.5 Å². The first kappa shape index (κ1) is 21.3. The number of aromatic nitrogens is 2. The van der Waals surface area contributed by atoms with Gasteiger partial charge in [-0.3, -0.25) is 0 Å². The fourth-order valence-electron chi connectivity index (χ4n) is 3.58. The highest BCUT2D eigenvalue weighted by Crippen LogP contribution is 2.34. The van der Waals surface area contributed by atoms with E-state index in [-0.39, 0.29) is 12.0 Å². The Bertz CT molecular complexity index is 1010. The van der Waals surface area contributed by atoms with Crippen molar-refractivity contribution in [3.63, 3.8) is 0 Å². The van der Waals surface area contributed by atoms with Crippen molar-refractivity contribution >= 4 is 33.6 Å². The van der Waals surface area contributed by atoms with Crippen molar-refractivity contribution in [2.24, 2.45) is 0 Å². The van der Waals surface area contributed by atoms with E-state index in [1.165, 1.54) is 0 Å². The Morgan fingerprint density at radius 1 is 1.21 bits per heavy atom. The molecule has 0 aliphatic carbocycles. The molecule has 0 amide bonds. The molecule has 2 aromatic rings. The Balaban J connectivity index is 2.14. The van der Waals surface area contributed by atoms with E-state index >= 15 is 0 Å². The smallest absolute Gasteiger partial charge is 0.243 e. The summed E-state index contributed by atoms with van der Waals surface area (Å²) < 4.78 is 27.7. The lowest BCUT2D eigenvalue weighted by Crippen LogP contribution is -2.29. The van der Waals surface area contributed by atoms with E-state index in [4.69, 9.17) is 5.73 Å². The zero-order chi connectivity index (χ0) is 21.2. The number of hydrogen-bond acceptors (Lipinski definition) is 6. The number of sulfonamides is 1. The predicted molar refractivity (Wildman–Crippen MR) is 117 cm³/mol. The number of nitrogen functional groups attached to an aromatic ring is 1. The zero-order valence-electron chi connectivity index (χ0n) is 17.5. The van der Waals surface area contributed by atoms with Crippen LogP contribution in [0.25, 0.3) is 6.08 Å². The highest BCUT2D eigenvalue weighted by atomic mass is 32.2. The molecule has 1 fully saturated rings. The summed E-state index contributed by atoms with van der Waals surface area (Å²) in [7, 11) is -3.49. The van der Waals surface area contributed by atoms with Crippen LogP contribution in [0.4, 0.5) is 17.5 Å². The molecule has 0 unspecified atom stereocenters. The summed E-state index contributed by atoms with van der Waals surface area (Å²) in [5, 5.41) is 0. The molecule has 3 rings (SSSR count). The van der Waals surface area contributed by atoms with Crippen molar-refractivity contribution in [1.82, 2.24) is 14.3 Å². The summed E-state index contributed by atoms with van der Waals surface area (Å²) in [6.45, 7) is 9.27. The molecule has 0 bridgehead atoms. The van der Waals surface area contributed by atoms with Gasteiger partial charge in [0.1, 0.15) is 5.82 Å². The number of benzene rings is 1. The normalized spacial score (nSPS) is 14.9. The molecule has 156 valence electrons. The molecule has 1 aliphatic rings. The molecule has 0 saturated carbocycles. The van der Waals surface area contributed by atoms with Gasteiger partial charge in [-0.1, -0.05) is 11.6 Å². The van der Waals surface area contributed by atoms with Crippen molar-refractivity contribution in [1.29, 1.82) is 0 Å². The molecule has 1 aliphatic heterocycles. The average Bonchev–Trinajstić information content (AvgIpc) is 3.18. The third-order valence-electron chi connectivity index (χ3n) is 4.83. The lowest BCUT2D eigenvalue weighted by Gasteiger charge is -2.30. The molecular weight excluding hydrogens is 386 g/mol. The fourth-order valence-corrected chi connectivity index (χ4v) is 5.13. The maximum atomic E-state index is 13.1. The van der Waals surface area contributed by atoms with Gasteiger partial charge in [-0.2, -0.15) is 9.29 Å². The Morgan fingerprint density at radius 2 is 1.90 bits per heavy atom. The van der Waals surface area contributed by atoms with Crippen LogP contribution in [0.15, 0.2) is 40.9 Å². The third kappa shape index (κ3) is 4.59. The molecule has 1 saturated heterocycles. The van der Waals surface area contributed by atoms with Crippen LogP contribution in [0.1, 0.15) is 46.1 Å². The second-order valence-electron chi connectivity index (χ2n) is 7.79. The van der Waals surface area contributed by atoms with Crippen molar-refractivity contribution < 1.29 is 8.42 Å². The fraction of sp³-hybridized carbons (Fsp3) is 0.429. The molecule has 1 aromatic carbocycles. The maximum Gasteiger partial charge on any atom is 0.243 e. The van der Waals surface area contributed by atoms with E-state index in [0.29, 0.717) is 23.8 Å². The van der Waals surface area contributed by atoms with Gasteiger partial charge in [0.2, 0.25) is 16.0 Å². The quantitative estimate of drug-likeness (QED) is 0.771. The van der Waals surface area contributed by atoms with E-state index in [1.807, 2.05) is 30.9 Å². The highest BCUT2D eigenvalue weighted by Gasteiger charge is 2.28. The summed E-state index contributed by atoms with van der Waals surface area (Å²) >= 11 is 0. The second-order valence-corrected chi connectivity index (χ2v) is 9.73. The lowest BCUT2D eigenvalue weighted by molar-refractivity contribution is 0.477. The first-order chi connectivity index (χ1) is 13.7. The van der Waals surface area contributed by atoms with E-state index in [0.717, 1.165) is 29.7 Å². The molecule has 0 atom stereocenters. The predicted octanol–water partition coefficient (Wildman–Crippen LogP) is 3.81. The summed E-state index contributed by atoms with van der Waals surface area (Å²) in [6, 6.07) is 7.18. The van der Waals surface area contributed by atoms with Crippen LogP contribution < -0.4 is 10.6 Å². The van der Waals surface area contributed by atoms with Gasteiger partial charge in [0.15, 0.2) is 0 Å². The Labute approximate surface area is 173 Å². The van der Waals surface area contributed by atoms with Gasteiger partial charge in [0, 0.05) is 31.0 Å². The standard InChI is InChI=1S/C21H29N5O2S/c1-15(2)13-17-14-18(29(27,28)25-11-5-6-12-25)7-8-19(17)26(16(3)4)20-9-10-23-21(22)24-20/h7-10,13-14,16H,5-6,11-12H2,1-4H3,(H2,22,23,24). The molecule has 2 N–H and O–H groups in total. The van der Waals surface area contributed by atoms with Gasteiger partial charge in [0.05, 0.1) is 4.90 Å². The van der Waals surface area contributed by atoms with E-state index in [1.54, 1.807) is 28.7 Å². The van der Waals surface area contributed by atoms with E-state index in [2.05, 4.69) is 23.8 Å². The lowest BCUT2D eigenvalue weighted by atomic mass is 10.1. The minimum Gasteiger partial charge on any atom is -0.368 e. The van der Waals surface area contributed by atoms with Crippen LogP contribution in [0, 0.1) is 0 Å². The number of allylic oxidation sites excluding steroid dienone is 1. The second kappa shape index (κ2) is 8.51. The molecule has 7 nitrogen and oxygen atoms in total. The van der Waals surface area contributed by atoms with Gasteiger partial charge >= 0.3 is 0 Å². The number of hydrogen-bond donors (Lipinski definition) is 1. The molecule has 8 heteroatoms. The monoisotopic (exact) mass is 415 g/mol. The van der Waals surface area contributed by atoms with Gasteiger partial charge in [-0.25, -0.2) is 13.4 Å². The molecule has 0 spiro atoms. The van der Waals surface area contributed by atoms with Crippen LogP contribution in [-0.4, -0.2) is 41.8 Å². The van der Waals surface area contributed by atoms with Crippen LogP contribution in [0.5, 0.6) is 0 Å². The minimum atomic E-state index is -3.49. The van der Waals surface area contributed by atoms with Crippen LogP contribution in [-0.2, 0) is 10.0 Å². The average molecular weight is 416 g/mol. The van der Waals surface area contributed by atoms with Crippen LogP contribution in [0.3, 0.4) is 0 Å². The molecule has 2 heterocycles. The largest absolute Gasteiger partial charge is 0.368 e. The van der Waals surface area contributed by atoms with Crippen LogP contribution in [0.2, 0.25) is 0 Å². The minimum absolute atomic E-state index is 0.0784. The maximum absolute atomic E-state index is 13.1. The van der Waals surface area contributed by atoms with Crippen LogP contribution >= 0.6 is 0 Å². The number of nitrogens with zero attached hydrogens (tertiary/aromatic N) is 4. The third-order valence-corrected chi connectivity index (χ3v) is 6.72. The number of nitrogens with two attached hydrogens (primary N) is 1. The first-order valence-electron chi connectivity index (χ1n) is 9.87. The number of anilines is 3. The van der Waals surface area contributed by atoms with Crippen molar-refractivity contribution in [3.05, 3.63) is 41.6 Å². The Morgan fingerprint density at radius 3 is 2.48 bits per heavy atom. The summed E-state index contributed by atoms with van der Waals surface area (Å²) in [6.07, 6.45) is 5.45. The summed E-state index contributed by atoms with van der Waals surface area (Å²) in [5.74, 6) is 0.871. The summed E-state index contributed by atoms with van der Waals surface area (Å²) in [5.41, 5.74) is 8.58. The SMILES string of the molecule is CC(C)=Cc1cc(S(=O)(=O)N2CCCC2)ccc1N(c1ccnc(N)n1)C(C)C. The van der Waals surface area contributed by atoms with E-state index < -0.39 is 10.0 Å². The highest BCUT2D eigenvalue weighted by molar-refractivity contribution is 7.89. The molecule has 0 radical (unpaired) electrons. The topological polar surface area (TPSA) is 92.4 Å².